The molecule has 0 atom stereocenters. The molecule has 4 heteroatoms. The van der Waals surface area contributed by atoms with E-state index in [0.717, 1.165) is 30.8 Å². The fraction of sp³-hybridized carbons (Fsp3) is 0.600. The Kier molecular flexibility index (Phi) is 4.94. The number of aliphatic hydroxyl groups excluding tert-OH is 1. The highest BCUT2D eigenvalue weighted by atomic mass is 35.5. The van der Waals surface area contributed by atoms with E-state index in [4.69, 9.17) is 16.3 Å². The molecule has 106 valence electrons. The van der Waals surface area contributed by atoms with E-state index in [-0.39, 0.29) is 12.0 Å². The summed E-state index contributed by atoms with van der Waals surface area (Å²) < 4.78 is 5.32. The van der Waals surface area contributed by atoms with Gasteiger partial charge in [-0.1, -0.05) is 30.9 Å². The van der Waals surface area contributed by atoms with Crippen LogP contribution in [0.25, 0.3) is 0 Å². The molecule has 0 bridgehead atoms. The van der Waals surface area contributed by atoms with E-state index in [9.17, 15) is 5.11 Å². The minimum Gasteiger partial charge on any atom is -0.495 e. The number of ether oxygens (including phenoxy) is 1. The number of hydrogen-bond acceptors (Lipinski definition) is 3. The zero-order chi connectivity index (χ0) is 13.7. The number of nitrogens with one attached hydrogen (secondary N) is 1. The Morgan fingerprint density at radius 1 is 1.32 bits per heavy atom. The van der Waals surface area contributed by atoms with Crippen LogP contribution in [0.2, 0.25) is 5.02 Å². The van der Waals surface area contributed by atoms with Gasteiger partial charge in [0.1, 0.15) is 5.75 Å². The molecule has 1 aliphatic rings. The molecule has 0 unspecified atom stereocenters. The second-order valence-corrected chi connectivity index (χ2v) is 5.85. The first-order valence-corrected chi connectivity index (χ1v) is 7.25. The van der Waals surface area contributed by atoms with Crippen LogP contribution in [0, 0.1) is 5.41 Å². The maximum atomic E-state index is 9.70. The van der Waals surface area contributed by atoms with Gasteiger partial charge in [0.05, 0.1) is 19.4 Å². The van der Waals surface area contributed by atoms with Gasteiger partial charge in [0.2, 0.25) is 0 Å². The van der Waals surface area contributed by atoms with Crippen LogP contribution in [-0.2, 0) is 0 Å². The zero-order valence-electron chi connectivity index (χ0n) is 11.4. The Balaban J connectivity index is 2.06. The first kappa shape index (κ1) is 14.5. The molecule has 0 radical (unpaired) electrons. The fourth-order valence-electron chi connectivity index (χ4n) is 2.79. The Morgan fingerprint density at radius 2 is 2.05 bits per heavy atom. The molecule has 2 rings (SSSR count). The third-order valence-electron chi connectivity index (χ3n) is 4.06. The highest BCUT2D eigenvalue weighted by molar-refractivity contribution is 6.30. The van der Waals surface area contributed by atoms with Crippen molar-refractivity contribution in [2.75, 3.05) is 25.6 Å². The summed E-state index contributed by atoms with van der Waals surface area (Å²) in [5.74, 6) is 0.785. The first-order chi connectivity index (χ1) is 9.19. The second kappa shape index (κ2) is 6.49. The molecule has 0 saturated heterocycles. The average molecular weight is 284 g/mol. The predicted molar refractivity (Wildman–Crippen MR) is 79.1 cm³/mol. The summed E-state index contributed by atoms with van der Waals surface area (Å²) in [6.07, 6.45) is 5.85. The largest absolute Gasteiger partial charge is 0.495 e. The summed E-state index contributed by atoms with van der Waals surface area (Å²) in [6.45, 7) is 1.00. The van der Waals surface area contributed by atoms with Gasteiger partial charge in [-0.15, -0.1) is 0 Å². The first-order valence-electron chi connectivity index (χ1n) is 6.87. The molecule has 1 fully saturated rings. The molecule has 1 aromatic carbocycles. The Labute approximate surface area is 119 Å². The number of anilines is 1. The number of aliphatic hydroxyl groups is 1. The van der Waals surface area contributed by atoms with Crippen molar-refractivity contribution >= 4 is 17.3 Å². The molecule has 0 amide bonds. The summed E-state index contributed by atoms with van der Waals surface area (Å²) >= 11 is 6.02. The van der Waals surface area contributed by atoms with Crippen LogP contribution in [0.15, 0.2) is 18.2 Å². The van der Waals surface area contributed by atoms with Crippen molar-refractivity contribution in [3.05, 3.63) is 23.2 Å². The summed E-state index contributed by atoms with van der Waals surface area (Å²) in [6, 6.07) is 5.54. The molecule has 0 heterocycles. The third-order valence-corrected chi connectivity index (χ3v) is 4.30. The molecular formula is C15H22ClNO2. The Morgan fingerprint density at radius 3 is 2.68 bits per heavy atom. The molecule has 1 aliphatic carbocycles. The smallest absolute Gasteiger partial charge is 0.142 e. The van der Waals surface area contributed by atoms with Crippen LogP contribution >= 0.6 is 11.6 Å². The standard InChI is InChI=1S/C15H22ClNO2/c1-19-14-6-5-12(16)9-13(14)17-10-15(11-18)7-3-2-4-8-15/h5-6,9,17-18H,2-4,7-8,10-11H2,1H3. The van der Waals surface area contributed by atoms with Gasteiger partial charge in [-0.2, -0.15) is 0 Å². The molecule has 0 aromatic heterocycles. The summed E-state index contributed by atoms with van der Waals surface area (Å²) in [5, 5.41) is 13.8. The predicted octanol–water partition coefficient (Wildman–Crippen LogP) is 3.70. The van der Waals surface area contributed by atoms with E-state index in [1.807, 2.05) is 18.2 Å². The van der Waals surface area contributed by atoms with Crippen LogP contribution < -0.4 is 10.1 Å². The van der Waals surface area contributed by atoms with E-state index in [1.54, 1.807) is 7.11 Å². The van der Waals surface area contributed by atoms with Crippen LogP contribution in [0.1, 0.15) is 32.1 Å². The van der Waals surface area contributed by atoms with Crippen molar-refractivity contribution < 1.29 is 9.84 Å². The van der Waals surface area contributed by atoms with Gasteiger partial charge in [-0.05, 0) is 31.0 Å². The molecular weight excluding hydrogens is 262 g/mol. The number of hydrogen-bond donors (Lipinski definition) is 2. The van der Waals surface area contributed by atoms with E-state index < -0.39 is 0 Å². The molecule has 3 nitrogen and oxygen atoms in total. The van der Waals surface area contributed by atoms with Crippen LogP contribution in [0.5, 0.6) is 5.75 Å². The number of rotatable bonds is 5. The highest BCUT2D eigenvalue weighted by Gasteiger charge is 2.31. The highest BCUT2D eigenvalue weighted by Crippen LogP contribution is 2.37. The van der Waals surface area contributed by atoms with Crippen LogP contribution in [0.4, 0.5) is 5.69 Å². The average Bonchev–Trinajstić information content (AvgIpc) is 2.46. The monoisotopic (exact) mass is 283 g/mol. The molecule has 19 heavy (non-hydrogen) atoms. The zero-order valence-corrected chi connectivity index (χ0v) is 12.2. The van der Waals surface area contributed by atoms with Gasteiger partial charge in [0, 0.05) is 17.0 Å². The lowest BCUT2D eigenvalue weighted by molar-refractivity contribution is 0.0943. The summed E-state index contributed by atoms with van der Waals surface area (Å²) in [4.78, 5) is 0. The number of benzene rings is 1. The SMILES string of the molecule is COc1ccc(Cl)cc1NCC1(CO)CCCCC1. The lowest BCUT2D eigenvalue weighted by Gasteiger charge is -2.36. The minimum atomic E-state index is 0.00553. The van der Waals surface area contributed by atoms with E-state index in [2.05, 4.69) is 5.32 Å². The quantitative estimate of drug-likeness (QED) is 0.866. The number of halogens is 1. The molecule has 2 N–H and O–H groups in total. The van der Waals surface area contributed by atoms with Crippen molar-refractivity contribution in [3.63, 3.8) is 0 Å². The number of methoxy groups -OCH3 is 1. The van der Waals surface area contributed by atoms with Crippen LogP contribution in [0.3, 0.4) is 0 Å². The Hall–Kier alpha value is -0.930. The van der Waals surface area contributed by atoms with Crippen molar-refractivity contribution in [2.24, 2.45) is 5.41 Å². The summed E-state index contributed by atoms with van der Waals surface area (Å²) in [7, 11) is 1.65. The maximum Gasteiger partial charge on any atom is 0.142 e. The van der Waals surface area contributed by atoms with Crippen molar-refractivity contribution in [1.82, 2.24) is 0 Å². The summed E-state index contributed by atoms with van der Waals surface area (Å²) in [5.41, 5.74) is 0.902. The minimum absolute atomic E-state index is 0.00553. The van der Waals surface area contributed by atoms with Gasteiger partial charge >= 0.3 is 0 Å². The Bertz CT molecular complexity index is 417. The molecule has 0 spiro atoms. The van der Waals surface area contributed by atoms with Crippen molar-refractivity contribution in [1.29, 1.82) is 0 Å². The second-order valence-electron chi connectivity index (χ2n) is 5.42. The van der Waals surface area contributed by atoms with Crippen LogP contribution in [-0.4, -0.2) is 25.4 Å². The van der Waals surface area contributed by atoms with E-state index in [0.29, 0.717) is 5.02 Å². The maximum absolute atomic E-state index is 9.70. The topological polar surface area (TPSA) is 41.5 Å². The van der Waals surface area contributed by atoms with Crippen molar-refractivity contribution in [2.45, 2.75) is 32.1 Å². The third kappa shape index (κ3) is 3.54. The van der Waals surface area contributed by atoms with Gasteiger partial charge < -0.3 is 15.2 Å². The molecule has 1 saturated carbocycles. The lowest BCUT2D eigenvalue weighted by Crippen LogP contribution is -2.35. The van der Waals surface area contributed by atoms with Gasteiger partial charge in [-0.3, -0.25) is 0 Å². The van der Waals surface area contributed by atoms with Gasteiger partial charge in [0.15, 0.2) is 0 Å². The lowest BCUT2D eigenvalue weighted by atomic mass is 9.74. The van der Waals surface area contributed by atoms with Crippen molar-refractivity contribution in [3.8, 4) is 5.75 Å². The van der Waals surface area contributed by atoms with Gasteiger partial charge in [-0.25, -0.2) is 0 Å². The van der Waals surface area contributed by atoms with E-state index in [1.165, 1.54) is 19.3 Å². The molecule has 0 aliphatic heterocycles. The molecule has 1 aromatic rings. The van der Waals surface area contributed by atoms with Gasteiger partial charge in [0.25, 0.3) is 0 Å². The van der Waals surface area contributed by atoms with E-state index >= 15 is 0 Å². The normalized spacial score (nSPS) is 18.1. The fourth-order valence-corrected chi connectivity index (χ4v) is 2.97.